The summed E-state index contributed by atoms with van der Waals surface area (Å²) in [7, 11) is 0. The Hall–Kier alpha value is -2.37. The quantitative estimate of drug-likeness (QED) is 0.471. The van der Waals surface area contributed by atoms with Crippen molar-refractivity contribution in [3.05, 3.63) is 63.8 Å². The zero-order valence-corrected chi connectivity index (χ0v) is 15.8. The predicted octanol–water partition coefficient (Wildman–Crippen LogP) is 5.37. The number of furan rings is 1. The number of aryl methyl sites for hydroxylation is 2. The number of fused-ring (bicyclic) bond motifs is 2. The van der Waals surface area contributed by atoms with E-state index in [2.05, 4.69) is 16.4 Å². The van der Waals surface area contributed by atoms with Crippen molar-refractivity contribution in [1.82, 2.24) is 10.3 Å². The number of thiazole rings is 1. The second kappa shape index (κ2) is 7.09. The van der Waals surface area contributed by atoms with E-state index < -0.39 is 0 Å². The highest BCUT2D eigenvalue weighted by Crippen LogP contribution is 2.30. The van der Waals surface area contributed by atoms with Crippen LogP contribution in [0.25, 0.3) is 21.2 Å². The number of aromatic nitrogens is 1. The molecule has 0 atom stereocenters. The summed E-state index contributed by atoms with van der Waals surface area (Å²) < 4.78 is 6.89. The van der Waals surface area contributed by atoms with Crippen molar-refractivity contribution in [3.63, 3.8) is 0 Å². The van der Waals surface area contributed by atoms with Crippen molar-refractivity contribution in [2.24, 2.45) is 0 Å². The summed E-state index contributed by atoms with van der Waals surface area (Å²) in [6.45, 7) is 2.44. The normalized spacial score (nSPS) is 11.3. The molecular weight excluding hydrogens is 368 g/mol. The summed E-state index contributed by atoms with van der Waals surface area (Å²) in [5, 5.41) is 5.40. The molecule has 0 bridgehead atoms. The molecule has 0 aliphatic heterocycles. The minimum absolute atomic E-state index is 0.209. The second-order valence-electron chi connectivity index (χ2n) is 6.11. The van der Waals surface area contributed by atoms with Gasteiger partial charge in [-0.3, -0.25) is 4.79 Å². The van der Waals surface area contributed by atoms with Gasteiger partial charge in [0.15, 0.2) is 11.3 Å². The Morgan fingerprint density at radius 1 is 1.23 bits per heavy atom. The fourth-order valence-electron chi connectivity index (χ4n) is 2.97. The van der Waals surface area contributed by atoms with Gasteiger partial charge >= 0.3 is 0 Å². The Morgan fingerprint density at radius 3 is 2.88 bits per heavy atom. The van der Waals surface area contributed by atoms with Crippen LogP contribution in [0.3, 0.4) is 0 Å². The molecule has 0 spiro atoms. The standard InChI is InChI=1S/C20H17ClN2O2S/c1-12-13-6-4-7-14(21)19(13)25-18(12)20(24)22-11-5-10-17-23-15-8-2-3-9-16(15)26-17/h2-4,6-9H,5,10-11H2,1H3,(H,22,24). The van der Waals surface area contributed by atoms with Gasteiger partial charge in [-0.05, 0) is 31.5 Å². The molecule has 4 aromatic rings. The number of carbonyl (C=O) groups is 1. The van der Waals surface area contributed by atoms with Crippen molar-refractivity contribution >= 4 is 50.0 Å². The van der Waals surface area contributed by atoms with Crippen LogP contribution in [-0.2, 0) is 6.42 Å². The van der Waals surface area contributed by atoms with Crippen LogP contribution in [0.1, 0.15) is 27.5 Å². The van der Waals surface area contributed by atoms with E-state index in [1.165, 1.54) is 4.70 Å². The van der Waals surface area contributed by atoms with Gasteiger partial charge < -0.3 is 9.73 Å². The van der Waals surface area contributed by atoms with Crippen molar-refractivity contribution in [3.8, 4) is 0 Å². The van der Waals surface area contributed by atoms with Crippen molar-refractivity contribution in [2.45, 2.75) is 19.8 Å². The van der Waals surface area contributed by atoms with Crippen molar-refractivity contribution in [2.75, 3.05) is 6.54 Å². The maximum absolute atomic E-state index is 12.4. The monoisotopic (exact) mass is 384 g/mol. The summed E-state index contributed by atoms with van der Waals surface area (Å²) >= 11 is 7.85. The molecule has 1 N–H and O–H groups in total. The largest absolute Gasteiger partial charge is 0.449 e. The highest BCUT2D eigenvalue weighted by atomic mass is 35.5. The maximum Gasteiger partial charge on any atom is 0.287 e. The number of hydrogen-bond acceptors (Lipinski definition) is 4. The smallest absolute Gasteiger partial charge is 0.287 e. The molecule has 4 nitrogen and oxygen atoms in total. The molecule has 0 saturated carbocycles. The highest BCUT2D eigenvalue weighted by molar-refractivity contribution is 7.18. The third kappa shape index (κ3) is 3.20. The average molecular weight is 385 g/mol. The second-order valence-corrected chi connectivity index (χ2v) is 7.63. The van der Waals surface area contributed by atoms with Gasteiger partial charge in [0.25, 0.3) is 5.91 Å². The minimum atomic E-state index is -0.209. The lowest BCUT2D eigenvalue weighted by molar-refractivity contribution is 0.0927. The third-order valence-corrected chi connectivity index (χ3v) is 5.71. The van der Waals surface area contributed by atoms with Gasteiger partial charge in [-0.1, -0.05) is 35.9 Å². The number of carbonyl (C=O) groups excluding carboxylic acids is 1. The maximum atomic E-state index is 12.4. The molecular formula is C20H17ClN2O2S. The molecule has 0 radical (unpaired) electrons. The van der Waals surface area contributed by atoms with E-state index >= 15 is 0 Å². The van der Waals surface area contributed by atoms with Crippen molar-refractivity contribution in [1.29, 1.82) is 0 Å². The molecule has 2 aromatic heterocycles. The molecule has 2 aromatic carbocycles. The number of halogens is 1. The summed E-state index contributed by atoms with van der Waals surface area (Å²) in [5.74, 6) is 0.118. The first-order valence-electron chi connectivity index (χ1n) is 8.44. The lowest BCUT2D eigenvalue weighted by Crippen LogP contribution is -2.24. The molecule has 4 rings (SSSR count). The van der Waals surface area contributed by atoms with Crippen LogP contribution in [0.5, 0.6) is 0 Å². The van der Waals surface area contributed by atoms with Crippen LogP contribution in [0.15, 0.2) is 46.9 Å². The van der Waals surface area contributed by atoms with E-state index in [9.17, 15) is 4.79 Å². The molecule has 6 heteroatoms. The lowest BCUT2D eigenvalue weighted by atomic mass is 10.1. The molecule has 132 valence electrons. The van der Waals surface area contributed by atoms with Crippen LogP contribution in [0.2, 0.25) is 5.02 Å². The molecule has 26 heavy (non-hydrogen) atoms. The first-order valence-corrected chi connectivity index (χ1v) is 9.63. The summed E-state index contributed by atoms with van der Waals surface area (Å²) in [4.78, 5) is 17.1. The van der Waals surface area contributed by atoms with Crippen molar-refractivity contribution < 1.29 is 9.21 Å². The predicted molar refractivity (Wildman–Crippen MR) is 106 cm³/mol. The Bertz CT molecular complexity index is 1070. The number of hydrogen-bond donors (Lipinski definition) is 1. The van der Waals surface area contributed by atoms with E-state index in [0.717, 1.165) is 34.3 Å². The SMILES string of the molecule is Cc1c(C(=O)NCCCc2nc3ccccc3s2)oc2c(Cl)cccc12. The number of para-hydroxylation sites is 2. The van der Waals surface area contributed by atoms with Gasteiger partial charge in [0.05, 0.1) is 20.2 Å². The van der Waals surface area contributed by atoms with E-state index in [-0.39, 0.29) is 5.91 Å². The van der Waals surface area contributed by atoms with Crippen LogP contribution >= 0.6 is 22.9 Å². The van der Waals surface area contributed by atoms with Crippen LogP contribution in [0.4, 0.5) is 0 Å². The molecule has 1 amide bonds. The minimum Gasteiger partial charge on any atom is -0.449 e. The number of amides is 1. The zero-order valence-electron chi connectivity index (χ0n) is 14.2. The number of nitrogens with one attached hydrogen (secondary N) is 1. The number of rotatable bonds is 5. The molecule has 0 aliphatic rings. The summed E-state index contributed by atoms with van der Waals surface area (Å²) in [6, 6.07) is 13.6. The van der Waals surface area contributed by atoms with E-state index in [1.54, 1.807) is 17.4 Å². The summed E-state index contributed by atoms with van der Waals surface area (Å²) in [6.07, 6.45) is 1.66. The van der Waals surface area contributed by atoms with E-state index in [0.29, 0.717) is 22.9 Å². The Labute approximate surface area is 159 Å². The summed E-state index contributed by atoms with van der Waals surface area (Å²) in [5.41, 5.74) is 2.41. The number of nitrogens with zero attached hydrogens (tertiary/aromatic N) is 1. The van der Waals surface area contributed by atoms with Crippen LogP contribution in [-0.4, -0.2) is 17.4 Å². The Morgan fingerprint density at radius 2 is 2.08 bits per heavy atom. The fourth-order valence-corrected chi connectivity index (χ4v) is 4.20. The fraction of sp³-hybridized carbons (Fsp3) is 0.200. The molecule has 0 fully saturated rings. The molecule has 0 aliphatic carbocycles. The van der Waals surface area contributed by atoms with Gasteiger partial charge in [-0.15, -0.1) is 11.3 Å². The zero-order chi connectivity index (χ0) is 18.1. The van der Waals surface area contributed by atoms with Gasteiger partial charge in [0, 0.05) is 23.9 Å². The highest BCUT2D eigenvalue weighted by Gasteiger charge is 2.18. The van der Waals surface area contributed by atoms with E-state index in [1.807, 2.05) is 37.3 Å². The van der Waals surface area contributed by atoms with E-state index in [4.69, 9.17) is 16.0 Å². The van der Waals surface area contributed by atoms with Gasteiger partial charge in [0.2, 0.25) is 0 Å². The Kier molecular flexibility index (Phi) is 4.66. The van der Waals surface area contributed by atoms with Gasteiger partial charge in [-0.2, -0.15) is 0 Å². The average Bonchev–Trinajstić information content (AvgIpc) is 3.20. The lowest BCUT2D eigenvalue weighted by Gasteiger charge is -2.02. The van der Waals surface area contributed by atoms with Crippen LogP contribution in [0, 0.1) is 6.92 Å². The first kappa shape index (κ1) is 17.1. The Balaban J connectivity index is 1.38. The van der Waals surface area contributed by atoms with Crippen LogP contribution < -0.4 is 5.32 Å². The molecule has 0 unspecified atom stereocenters. The topological polar surface area (TPSA) is 55.1 Å². The molecule has 0 saturated heterocycles. The molecule has 2 heterocycles. The first-order chi connectivity index (χ1) is 12.6. The number of benzene rings is 2. The van der Waals surface area contributed by atoms with Gasteiger partial charge in [0.1, 0.15) is 0 Å². The van der Waals surface area contributed by atoms with Gasteiger partial charge in [-0.25, -0.2) is 4.98 Å². The third-order valence-electron chi connectivity index (χ3n) is 4.31.